The molecule has 1 nitrogen and oxygen atoms in total. The highest BCUT2D eigenvalue weighted by atomic mass is 32.1. The summed E-state index contributed by atoms with van der Waals surface area (Å²) in [5, 5.41) is 0.850. The normalized spacial score (nSPS) is 12.3. The van der Waals surface area contributed by atoms with Gasteiger partial charge in [-0.1, -0.05) is 13.8 Å². The van der Waals surface area contributed by atoms with Crippen molar-refractivity contribution in [3.8, 4) is 0 Å². The summed E-state index contributed by atoms with van der Waals surface area (Å²) in [5.74, 6) is 0.283. The highest BCUT2D eigenvalue weighted by Gasteiger charge is 2.21. The maximum atomic E-state index is 12.9. The van der Waals surface area contributed by atoms with E-state index >= 15 is 0 Å². The summed E-state index contributed by atoms with van der Waals surface area (Å²) in [6, 6.07) is 0. The summed E-state index contributed by atoms with van der Waals surface area (Å²) < 4.78 is 12.9. The number of nitrogens with zero attached hydrogens (tertiary/aromatic N) is 1. The maximum absolute atomic E-state index is 12.9. The first kappa shape index (κ1) is 9.78. The Morgan fingerprint density at radius 1 is 1.58 bits per heavy atom. The third-order valence-electron chi connectivity index (χ3n) is 1.40. The Bertz CT molecular complexity index is 267. The van der Waals surface area contributed by atoms with Crippen LogP contribution in [0.25, 0.3) is 0 Å². The minimum Gasteiger partial charge on any atom is -0.260 e. The molecule has 4 radical (unpaired) electrons. The van der Waals surface area contributed by atoms with E-state index in [4.69, 9.17) is 15.7 Å². The quantitative estimate of drug-likeness (QED) is 0.629. The molecule has 0 aliphatic heterocycles. The molecule has 0 fully saturated rings. The second kappa shape index (κ2) is 3.21. The molecule has 0 atom stereocenters. The SMILES string of the molecule is [B]C([B])(F)c1cnc(C(C)C)s1. The zero-order chi connectivity index (χ0) is 9.35. The molecule has 5 heteroatoms. The lowest BCUT2D eigenvalue weighted by molar-refractivity contribution is 0.409. The van der Waals surface area contributed by atoms with Crippen LogP contribution in [0.15, 0.2) is 6.20 Å². The van der Waals surface area contributed by atoms with E-state index in [1.807, 2.05) is 13.8 Å². The third kappa shape index (κ3) is 2.09. The molecule has 0 aliphatic rings. The fourth-order valence-electron chi connectivity index (χ4n) is 0.732. The van der Waals surface area contributed by atoms with Crippen LogP contribution in [0.2, 0.25) is 0 Å². The van der Waals surface area contributed by atoms with E-state index in [-0.39, 0.29) is 10.8 Å². The Morgan fingerprint density at radius 3 is 2.42 bits per heavy atom. The Balaban J connectivity index is 2.92. The highest BCUT2D eigenvalue weighted by molar-refractivity contribution is 7.12. The fraction of sp³-hybridized carbons (Fsp3) is 0.571. The van der Waals surface area contributed by atoms with Crippen molar-refractivity contribution in [1.29, 1.82) is 0 Å². The second-order valence-corrected chi connectivity index (χ2v) is 4.05. The monoisotopic (exact) mass is 179 g/mol. The van der Waals surface area contributed by atoms with E-state index in [0.29, 0.717) is 0 Å². The van der Waals surface area contributed by atoms with E-state index in [1.54, 1.807) is 0 Å². The smallest absolute Gasteiger partial charge is 0.114 e. The molecule has 0 bridgehead atoms. The zero-order valence-electron chi connectivity index (χ0n) is 7.04. The standard InChI is InChI=1S/C7H8B2FNS/c1-4(2)6-11-3-5(12-6)7(8,9)10/h3-4H,1-2H3. The van der Waals surface area contributed by atoms with E-state index in [9.17, 15) is 4.39 Å². The van der Waals surface area contributed by atoms with E-state index in [2.05, 4.69) is 4.98 Å². The summed E-state index contributed by atoms with van der Waals surface area (Å²) in [7, 11) is 10.1. The predicted molar refractivity (Wildman–Crippen MR) is 50.5 cm³/mol. The number of halogens is 1. The summed E-state index contributed by atoms with van der Waals surface area (Å²) in [6.45, 7) is 3.96. The molecule has 1 heterocycles. The van der Waals surface area contributed by atoms with Gasteiger partial charge in [-0.15, -0.1) is 11.3 Å². The molecule has 0 spiro atoms. The summed E-state index contributed by atoms with van der Waals surface area (Å²) in [4.78, 5) is 4.27. The van der Waals surface area contributed by atoms with Crippen molar-refractivity contribution in [2.45, 2.75) is 25.2 Å². The van der Waals surface area contributed by atoms with Crippen LogP contribution in [0, 0.1) is 0 Å². The first-order chi connectivity index (χ1) is 5.41. The van der Waals surface area contributed by atoms with Crippen molar-refractivity contribution in [1.82, 2.24) is 4.98 Å². The van der Waals surface area contributed by atoms with Crippen molar-refractivity contribution in [2.75, 3.05) is 0 Å². The van der Waals surface area contributed by atoms with Crippen molar-refractivity contribution < 1.29 is 4.39 Å². The zero-order valence-corrected chi connectivity index (χ0v) is 7.86. The van der Waals surface area contributed by atoms with Crippen LogP contribution >= 0.6 is 11.3 Å². The Kier molecular flexibility index (Phi) is 2.61. The average Bonchev–Trinajstić information content (AvgIpc) is 2.30. The second-order valence-electron chi connectivity index (χ2n) is 2.99. The van der Waals surface area contributed by atoms with Crippen molar-refractivity contribution in [3.05, 3.63) is 16.1 Å². The first-order valence-electron chi connectivity index (χ1n) is 3.64. The van der Waals surface area contributed by atoms with Crippen molar-refractivity contribution in [2.24, 2.45) is 0 Å². The molecule has 0 saturated carbocycles. The Morgan fingerprint density at radius 2 is 2.17 bits per heavy atom. The van der Waals surface area contributed by atoms with Crippen molar-refractivity contribution in [3.63, 3.8) is 0 Å². The van der Waals surface area contributed by atoms with Gasteiger partial charge in [0.25, 0.3) is 0 Å². The van der Waals surface area contributed by atoms with Gasteiger partial charge < -0.3 is 0 Å². The Hall–Kier alpha value is -0.310. The number of hydrogen-bond donors (Lipinski definition) is 0. The largest absolute Gasteiger partial charge is 0.260 e. The lowest BCUT2D eigenvalue weighted by Gasteiger charge is -2.10. The molecule has 0 unspecified atom stereocenters. The summed E-state index contributed by atoms with van der Waals surface area (Å²) in [5.41, 5.74) is -2.25. The fourth-order valence-corrected chi connectivity index (χ4v) is 1.56. The molecule has 1 aromatic rings. The minimum atomic E-state index is -2.25. The van der Waals surface area contributed by atoms with Gasteiger partial charge >= 0.3 is 0 Å². The van der Waals surface area contributed by atoms with Gasteiger partial charge in [-0.05, 0) is 0 Å². The number of alkyl halides is 1. The van der Waals surface area contributed by atoms with Crippen LogP contribution in [0.4, 0.5) is 4.39 Å². The lowest BCUT2D eigenvalue weighted by Crippen LogP contribution is -2.17. The molecule has 12 heavy (non-hydrogen) atoms. The third-order valence-corrected chi connectivity index (χ3v) is 2.82. The Labute approximate surface area is 78.2 Å². The van der Waals surface area contributed by atoms with Crippen LogP contribution in [0.3, 0.4) is 0 Å². The molecule has 60 valence electrons. The minimum absolute atomic E-state index is 0.270. The maximum Gasteiger partial charge on any atom is 0.114 e. The number of hydrogen-bond acceptors (Lipinski definition) is 2. The van der Waals surface area contributed by atoms with Crippen molar-refractivity contribution >= 4 is 27.0 Å². The predicted octanol–water partition coefficient (Wildman–Crippen LogP) is 1.68. The van der Waals surface area contributed by atoms with E-state index in [1.165, 1.54) is 17.5 Å². The molecule has 0 amide bonds. The summed E-state index contributed by atoms with van der Waals surface area (Å²) in [6.07, 6.45) is 1.39. The molecular formula is C7H8B2FNS. The molecular weight excluding hydrogens is 171 g/mol. The molecule has 0 aliphatic carbocycles. The van der Waals surface area contributed by atoms with E-state index < -0.39 is 5.47 Å². The van der Waals surface area contributed by atoms with Gasteiger partial charge in [0.2, 0.25) is 0 Å². The van der Waals surface area contributed by atoms with Gasteiger partial charge in [0.05, 0.1) is 10.5 Å². The van der Waals surface area contributed by atoms with E-state index in [0.717, 1.165) is 5.01 Å². The van der Waals surface area contributed by atoms with Gasteiger partial charge in [-0.2, -0.15) is 0 Å². The lowest BCUT2D eigenvalue weighted by atomic mass is 9.67. The first-order valence-corrected chi connectivity index (χ1v) is 4.45. The topological polar surface area (TPSA) is 12.9 Å². The average molecular weight is 179 g/mol. The number of rotatable bonds is 2. The van der Waals surface area contributed by atoms with Gasteiger partial charge in [0, 0.05) is 17.0 Å². The van der Waals surface area contributed by atoms with Crippen LogP contribution < -0.4 is 0 Å². The van der Waals surface area contributed by atoms with Crippen LogP contribution in [-0.4, -0.2) is 20.7 Å². The highest BCUT2D eigenvalue weighted by Crippen LogP contribution is 2.28. The molecule has 0 N–H and O–H groups in total. The van der Waals surface area contributed by atoms with Crippen LogP contribution in [-0.2, 0) is 5.47 Å². The number of aromatic nitrogens is 1. The van der Waals surface area contributed by atoms with Gasteiger partial charge in [0.15, 0.2) is 0 Å². The summed E-state index contributed by atoms with van der Waals surface area (Å²) >= 11 is 1.21. The number of thiazole rings is 1. The molecule has 0 saturated heterocycles. The molecule has 1 aromatic heterocycles. The van der Waals surface area contributed by atoms with Gasteiger partial charge in [0.1, 0.15) is 15.7 Å². The van der Waals surface area contributed by atoms with Gasteiger partial charge in [-0.3, -0.25) is 4.39 Å². The van der Waals surface area contributed by atoms with Crippen LogP contribution in [0.5, 0.6) is 0 Å². The molecule has 0 aromatic carbocycles. The van der Waals surface area contributed by atoms with Crippen LogP contribution in [0.1, 0.15) is 29.7 Å². The van der Waals surface area contributed by atoms with Gasteiger partial charge in [-0.25, -0.2) is 4.98 Å². The molecule has 1 rings (SSSR count).